The van der Waals surface area contributed by atoms with Crippen molar-refractivity contribution >= 4 is 15.7 Å². The quantitative estimate of drug-likeness (QED) is 0.352. The zero-order chi connectivity index (χ0) is 13.8. The molecule has 0 aliphatic heterocycles. The topological polar surface area (TPSA) is 102 Å². The van der Waals surface area contributed by atoms with Crippen LogP contribution in [0.2, 0.25) is 0 Å². The average Bonchev–Trinajstić information content (AvgIpc) is 2.29. The van der Waals surface area contributed by atoms with Gasteiger partial charge >= 0.3 is 0 Å². The molecule has 0 aliphatic rings. The fraction of sp³-hybridized carbons (Fsp3) is 0.364. The van der Waals surface area contributed by atoms with Crippen molar-refractivity contribution in [2.45, 2.75) is 6.92 Å². The van der Waals surface area contributed by atoms with Crippen LogP contribution in [0.4, 0.5) is 0 Å². The van der Waals surface area contributed by atoms with E-state index in [1.807, 2.05) is 6.92 Å². The van der Waals surface area contributed by atoms with Crippen LogP contribution in [0.15, 0.2) is 23.4 Å². The van der Waals surface area contributed by atoms with Crippen LogP contribution in [0.3, 0.4) is 0 Å². The molecule has 1 aromatic rings. The monoisotopic (exact) mass is 272 g/mol. The molecule has 0 radical (unpaired) electrons. The van der Waals surface area contributed by atoms with Crippen LogP contribution < -0.4 is 10.5 Å². The number of nitrogens with two attached hydrogens (primary N) is 1. The summed E-state index contributed by atoms with van der Waals surface area (Å²) in [5.41, 5.74) is 6.82. The second-order valence-electron chi connectivity index (χ2n) is 3.94. The van der Waals surface area contributed by atoms with E-state index in [1.54, 1.807) is 18.2 Å². The lowest BCUT2D eigenvalue weighted by Gasteiger charge is -2.10. The maximum atomic E-state index is 11.0. The highest BCUT2D eigenvalue weighted by atomic mass is 32.2. The van der Waals surface area contributed by atoms with Crippen LogP contribution in [0.5, 0.6) is 5.75 Å². The normalized spacial score (nSPS) is 12.4. The highest BCUT2D eigenvalue weighted by molar-refractivity contribution is 7.90. The lowest BCUT2D eigenvalue weighted by Crippen LogP contribution is -2.15. The van der Waals surface area contributed by atoms with E-state index in [2.05, 4.69) is 5.16 Å². The van der Waals surface area contributed by atoms with Gasteiger partial charge in [0.1, 0.15) is 12.4 Å². The SMILES string of the molecule is Cc1ccc(/C(N)=N/O)cc1OCCS(C)(=O)=O. The lowest BCUT2D eigenvalue weighted by molar-refractivity contribution is 0.318. The van der Waals surface area contributed by atoms with E-state index >= 15 is 0 Å². The van der Waals surface area contributed by atoms with Crippen LogP contribution in [-0.2, 0) is 9.84 Å². The summed E-state index contributed by atoms with van der Waals surface area (Å²) in [5, 5.41) is 11.5. The van der Waals surface area contributed by atoms with E-state index in [4.69, 9.17) is 15.7 Å². The van der Waals surface area contributed by atoms with Crippen LogP contribution in [-0.4, -0.2) is 38.1 Å². The molecule has 1 aromatic carbocycles. The van der Waals surface area contributed by atoms with E-state index in [1.165, 1.54) is 0 Å². The van der Waals surface area contributed by atoms with Crippen molar-refractivity contribution in [1.82, 2.24) is 0 Å². The highest BCUT2D eigenvalue weighted by Gasteiger charge is 2.07. The van der Waals surface area contributed by atoms with E-state index in [0.717, 1.165) is 11.8 Å². The molecule has 100 valence electrons. The number of hydrogen-bond acceptors (Lipinski definition) is 5. The third-order valence-electron chi connectivity index (χ3n) is 2.30. The van der Waals surface area contributed by atoms with Crippen molar-refractivity contribution in [2.24, 2.45) is 10.9 Å². The summed E-state index contributed by atoms with van der Waals surface area (Å²) in [4.78, 5) is 0. The first-order valence-corrected chi connectivity index (χ1v) is 7.28. The molecule has 0 aromatic heterocycles. The van der Waals surface area contributed by atoms with Gasteiger partial charge in [-0.1, -0.05) is 17.3 Å². The summed E-state index contributed by atoms with van der Waals surface area (Å²) in [5.74, 6) is 0.436. The first-order valence-electron chi connectivity index (χ1n) is 5.22. The number of aryl methyl sites for hydroxylation is 1. The molecule has 6 nitrogen and oxygen atoms in total. The van der Waals surface area contributed by atoms with Crippen molar-refractivity contribution in [3.05, 3.63) is 29.3 Å². The Morgan fingerprint density at radius 2 is 2.17 bits per heavy atom. The van der Waals surface area contributed by atoms with E-state index in [9.17, 15) is 8.42 Å². The molecule has 0 aliphatic carbocycles. The average molecular weight is 272 g/mol. The number of benzene rings is 1. The molecule has 1 rings (SSSR count). The first-order chi connectivity index (χ1) is 8.33. The van der Waals surface area contributed by atoms with Gasteiger partial charge in [0, 0.05) is 11.8 Å². The Morgan fingerprint density at radius 3 is 2.72 bits per heavy atom. The van der Waals surface area contributed by atoms with Crippen LogP contribution in [0, 0.1) is 6.92 Å². The second kappa shape index (κ2) is 5.72. The molecule has 0 saturated heterocycles. The molecule has 0 unspecified atom stereocenters. The molecule has 0 spiro atoms. The summed E-state index contributed by atoms with van der Waals surface area (Å²) in [7, 11) is -3.05. The van der Waals surface area contributed by atoms with Crippen molar-refractivity contribution in [3.8, 4) is 5.75 Å². The maximum Gasteiger partial charge on any atom is 0.170 e. The number of rotatable bonds is 5. The third kappa shape index (κ3) is 4.25. The predicted molar refractivity (Wildman–Crippen MR) is 68.9 cm³/mol. The fourth-order valence-electron chi connectivity index (χ4n) is 1.28. The van der Waals surface area contributed by atoms with E-state index in [0.29, 0.717) is 11.3 Å². The number of ether oxygens (including phenoxy) is 1. The maximum absolute atomic E-state index is 11.0. The molecule has 7 heteroatoms. The van der Waals surface area contributed by atoms with Crippen LogP contribution >= 0.6 is 0 Å². The molecule has 0 heterocycles. The standard InChI is InChI=1S/C11H16N2O4S/c1-8-3-4-9(11(12)13-14)7-10(8)17-5-6-18(2,15)16/h3-4,7,14H,5-6H2,1-2H3,(H2,12,13). The number of nitrogens with zero attached hydrogens (tertiary/aromatic N) is 1. The lowest BCUT2D eigenvalue weighted by atomic mass is 10.1. The number of sulfone groups is 1. The van der Waals surface area contributed by atoms with Gasteiger partial charge < -0.3 is 15.7 Å². The Balaban J connectivity index is 2.82. The minimum absolute atomic E-state index is 0.0250. The largest absolute Gasteiger partial charge is 0.492 e. The summed E-state index contributed by atoms with van der Waals surface area (Å²) in [6.07, 6.45) is 1.15. The minimum atomic E-state index is -3.05. The third-order valence-corrected chi connectivity index (χ3v) is 3.21. The molecule has 3 N–H and O–H groups in total. The zero-order valence-electron chi connectivity index (χ0n) is 10.3. The van der Waals surface area contributed by atoms with Crippen LogP contribution in [0.25, 0.3) is 0 Å². The molecule has 18 heavy (non-hydrogen) atoms. The number of amidine groups is 1. The van der Waals surface area contributed by atoms with Gasteiger partial charge in [-0.15, -0.1) is 0 Å². The molecule has 0 amide bonds. The predicted octanol–water partition coefficient (Wildman–Crippen LogP) is 0.513. The van der Waals surface area contributed by atoms with Gasteiger partial charge in [-0.3, -0.25) is 0 Å². The second-order valence-corrected chi connectivity index (χ2v) is 6.20. The van der Waals surface area contributed by atoms with Gasteiger partial charge in [-0.2, -0.15) is 0 Å². The Morgan fingerprint density at radius 1 is 1.50 bits per heavy atom. The smallest absolute Gasteiger partial charge is 0.170 e. The summed E-state index contributed by atoms with van der Waals surface area (Å²) >= 11 is 0. The zero-order valence-corrected chi connectivity index (χ0v) is 11.1. The Labute approximate surface area is 106 Å². The molecule has 0 fully saturated rings. The van der Waals surface area contributed by atoms with Crippen LogP contribution in [0.1, 0.15) is 11.1 Å². The van der Waals surface area contributed by atoms with E-state index in [-0.39, 0.29) is 18.2 Å². The fourth-order valence-corrected chi connectivity index (χ4v) is 1.66. The molecule has 0 atom stereocenters. The highest BCUT2D eigenvalue weighted by Crippen LogP contribution is 2.19. The molecular formula is C11H16N2O4S. The minimum Gasteiger partial charge on any atom is -0.492 e. The van der Waals surface area contributed by atoms with Gasteiger partial charge in [-0.05, 0) is 18.6 Å². The van der Waals surface area contributed by atoms with Gasteiger partial charge in [0.25, 0.3) is 0 Å². The summed E-state index contributed by atoms with van der Waals surface area (Å²) < 4.78 is 27.3. The van der Waals surface area contributed by atoms with Gasteiger partial charge in [0.2, 0.25) is 0 Å². The summed E-state index contributed by atoms with van der Waals surface area (Å²) in [6, 6.07) is 5.05. The molecule has 0 bridgehead atoms. The Hall–Kier alpha value is -1.76. The van der Waals surface area contributed by atoms with Crippen molar-refractivity contribution < 1.29 is 18.4 Å². The number of oxime groups is 1. The van der Waals surface area contributed by atoms with Crippen molar-refractivity contribution in [2.75, 3.05) is 18.6 Å². The van der Waals surface area contributed by atoms with Crippen molar-refractivity contribution in [1.29, 1.82) is 0 Å². The van der Waals surface area contributed by atoms with Crippen molar-refractivity contribution in [3.63, 3.8) is 0 Å². The molecular weight excluding hydrogens is 256 g/mol. The van der Waals surface area contributed by atoms with Gasteiger partial charge in [-0.25, -0.2) is 8.42 Å². The Bertz CT molecular complexity index is 552. The Kier molecular flexibility index (Phi) is 4.55. The molecule has 0 saturated carbocycles. The first kappa shape index (κ1) is 14.3. The van der Waals surface area contributed by atoms with E-state index < -0.39 is 9.84 Å². The number of hydrogen-bond donors (Lipinski definition) is 2. The van der Waals surface area contributed by atoms with Gasteiger partial charge in [0.05, 0.1) is 5.75 Å². The van der Waals surface area contributed by atoms with Gasteiger partial charge in [0.15, 0.2) is 15.7 Å². The summed E-state index contributed by atoms with van der Waals surface area (Å²) in [6.45, 7) is 1.89.